The number of rotatable bonds is 6. The molecule has 154 valence electrons. The molecule has 1 unspecified atom stereocenters. The average Bonchev–Trinajstić information content (AvgIpc) is 3.27. The number of aryl methyl sites for hydroxylation is 1. The molecule has 0 aromatic carbocycles. The van der Waals surface area contributed by atoms with Crippen LogP contribution in [0.15, 0.2) is 22.5 Å². The van der Waals surface area contributed by atoms with E-state index in [1.165, 1.54) is 9.75 Å². The molecule has 1 fully saturated rings. The Morgan fingerprint density at radius 2 is 2.29 bits per heavy atom. The summed E-state index contributed by atoms with van der Waals surface area (Å²) in [6.45, 7) is 4.68. The first-order valence-electron chi connectivity index (χ1n) is 9.30. The molecule has 2 aromatic heterocycles. The summed E-state index contributed by atoms with van der Waals surface area (Å²) in [5.41, 5.74) is 6.44. The lowest BCUT2D eigenvalue weighted by Crippen LogP contribution is -2.47. The molecule has 28 heavy (non-hydrogen) atoms. The molecule has 9 heteroatoms. The number of nitrogens with two attached hydrogens (primary N) is 1. The van der Waals surface area contributed by atoms with Crippen LogP contribution in [0, 0.1) is 12.8 Å². The number of halogens is 1. The van der Waals surface area contributed by atoms with Crippen LogP contribution in [0.2, 0.25) is 0 Å². The Balaban J connectivity index is 0.00000280. The summed E-state index contributed by atoms with van der Waals surface area (Å²) >= 11 is 3.49. The summed E-state index contributed by atoms with van der Waals surface area (Å²) in [5.74, 6) is 1.03. The van der Waals surface area contributed by atoms with Crippen molar-refractivity contribution in [3.63, 3.8) is 0 Å². The number of hydrogen-bond donors (Lipinski definition) is 2. The Labute approximate surface area is 191 Å². The molecule has 3 N–H and O–H groups in total. The standard InChI is InChI=1S/C19H27N5OS2.HI/c1-13-23-16(12-26-13)17-6-5-15(27-17)7-8-22-19(21-2)24-9-3-4-14(11-24)10-18(20)25;/h5-6,12,14H,3-4,7-11H2,1-2H3,(H2,20,25)(H,21,22);1H. The van der Waals surface area contributed by atoms with Gasteiger partial charge in [-0.05, 0) is 44.2 Å². The van der Waals surface area contributed by atoms with Gasteiger partial charge in [-0.3, -0.25) is 9.79 Å². The van der Waals surface area contributed by atoms with Gasteiger partial charge < -0.3 is 16.0 Å². The number of primary amides is 1. The number of aromatic nitrogens is 1. The van der Waals surface area contributed by atoms with Crippen molar-refractivity contribution in [1.82, 2.24) is 15.2 Å². The fourth-order valence-electron chi connectivity index (χ4n) is 3.46. The number of likely N-dealkylation sites (tertiary alicyclic amines) is 1. The third-order valence-electron chi connectivity index (χ3n) is 4.71. The van der Waals surface area contributed by atoms with Crippen LogP contribution in [0.1, 0.15) is 29.1 Å². The van der Waals surface area contributed by atoms with Crippen molar-refractivity contribution in [2.75, 3.05) is 26.7 Å². The third kappa shape index (κ3) is 6.41. The van der Waals surface area contributed by atoms with Gasteiger partial charge in [0.15, 0.2) is 5.96 Å². The summed E-state index contributed by atoms with van der Waals surface area (Å²) in [6, 6.07) is 4.34. The highest BCUT2D eigenvalue weighted by Gasteiger charge is 2.23. The molecule has 0 bridgehead atoms. The molecule has 1 amide bonds. The molecule has 2 aromatic rings. The molecule has 1 aliphatic heterocycles. The molecular weight excluding hydrogens is 505 g/mol. The third-order valence-corrected chi connectivity index (χ3v) is 6.65. The highest BCUT2D eigenvalue weighted by Crippen LogP contribution is 2.29. The number of amides is 1. The predicted octanol–water partition coefficient (Wildman–Crippen LogP) is 3.50. The molecule has 1 atom stereocenters. The molecular formula is C19H28IN5OS2. The normalized spacial score (nSPS) is 17.3. The van der Waals surface area contributed by atoms with E-state index in [1.807, 2.05) is 14.0 Å². The number of thiophene rings is 1. The van der Waals surface area contributed by atoms with Crippen molar-refractivity contribution in [2.24, 2.45) is 16.6 Å². The lowest BCUT2D eigenvalue weighted by atomic mass is 9.95. The quantitative estimate of drug-likeness (QED) is 0.338. The Hall–Kier alpha value is -1.20. The monoisotopic (exact) mass is 533 g/mol. The minimum atomic E-state index is -0.214. The summed E-state index contributed by atoms with van der Waals surface area (Å²) in [6.07, 6.45) is 3.54. The van der Waals surface area contributed by atoms with Gasteiger partial charge in [-0.1, -0.05) is 0 Å². The summed E-state index contributed by atoms with van der Waals surface area (Å²) in [5, 5.41) is 6.68. The first-order chi connectivity index (χ1) is 13.0. The van der Waals surface area contributed by atoms with E-state index in [0.29, 0.717) is 12.3 Å². The number of piperidine rings is 1. The maximum atomic E-state index is 11.2. The number of hydrogen-bond acceptors (Lipinski definition) is 5. The minimum Gasteiger partial charge on any atom is -0.370 e. The fourth-order valence-corrected chi connectivity index (χ4v) is 5.12. The highest BCUT2D eigenvalue weighted by atomic mass is 127. The van der Waals surface area contributed by atoms with Crippen LogP contribution in [-0.2, 0) is 11.2 Å². The Bertz CT molecular complexity index is 804. The lowest BCUT2D eigenvalue weighted by Gasteiger charge is -2.34. The van der Waals surface area contributed by atoms with Gasteiger partial charge in [0.2, 0.25) is 5.91 Å². The van der Waals surface area contributed by atoms with Crippen LogP contribution in [0.4, 0.5) is 0 Å². The van der Waals surface area contributed by atoms with Crippen molar-refractivity contribution in [2.45, 2.75) is 32.6 Å². The zero-order valence-corrected chi connectivity index (χ0v) is 20.3. The second-order valence-electron chi connectivity index (χ2n) is 6.87. The van der Waals surface area contributed by atoms with Crippen molar-refractivity contribution < 1.29 is 4.79 Å². The van der Waals surface area contributed by atoms with Crippen molar-refractivity contribution in [3.05, 3.63) is 27.4 Å². The number of guanidine groups is 1. The molecule has 0 aliphatic carbocycles. The van der Waals surface area contributed by atoms with Gasteiger partial charge in [-0.2, -0.15) is 0 Å². The number of thiazole rings is 1. The molecule has 1 saturated heterocycles. The van der Waals surface area contributed by atoms with Crippen LogP contribution in [0.25, 0.3) is 10.6 Å². The van der Waals surface area contributed by atoms with Gasteiger partial charge in [-0.15, -0.1) is 46.7 Å². The molecule has 0 saturated carbocycles. The summed E-state index contributed by atoms with van der Waals surface area (Å²) < 4.78 is 0. The minimum absolute atomic E-state index is 0. The van der Waals surface area contributed by atoms with Crippen molar-refractivity contribution >= 4 is 58.5 Å². The van der Waals surface area contributed by atoms with E-state index >= 15 is 0 Å². The number of nitrogens with zero attached hydrogens (tertiary/aromatic N) is 3. The first-order valence-corrected chi connectivity index (χ1v) is 11.0. The topological polar surface area (TPSA) is 83.6 Å². The number of nitrogens with one attached hydrogen (secondary N) is 1. The van der Waals surface area contributed by atoms with Crippen LogP contribution in [0.5, 0.6) is 0 Å². The highest BCUT2D eigenvalue weighted by molar-refractivity contribution is 14.0. The zero-order chi connectivity index (χ0) is 19.2. The Morgan fingerprint density at radius 1 is 1.46 bits per heavy atom. The first kappa shape index (κ1) is 23.1. The molecule has 3 rings (SSSR count). The molecule has 0 radical (unpaired) electrons. The maximum Gasteiger partial charge on any atom is 0.217 e. The zero-order valence-electron chi connectivity index (χ0n) is 16.3. The van der Waals surface area contributed by atoms with Crippen LogP contribution in [0.3, 0.4) is 0 Å². The van der Waals surface area contributed by atoms with E-state index in [9.17, 15) is 4.79 Å². The summed E-state index contributed by atoms with van der Waals surface area (Å²) in [7, 11) is 1.81. The van der Waals surface area contributed by atoms with Crippen LogP contribution < -0.4 is 11.1 Å². The van der Waals surface area contributed by atoms with Gasteiger partial charge in [-0.25, -0.2) is 4.98 Å². The van der Waals surface area contributed by atoms with Gasteiger partial charge in [0.1, 0.15) is 0 Å². The second-order valence-corrected chi connectivity index (χ2v) is 9.10. The van der Waals surface area contributed by atoms with Crippen LogP contribution >= 0.6 is 46.7 Å². The number of aliphatic imine (C=N–C) groups is 1. The van der Waals surface area contributed by atoms with E-state index in [1.54, 1.807) is 22.7 Å². The maximum absolute atomic E-state index is 11.2. The van der Waals surface area contributed by atoms with Crippen molar-refractivity contribution in [1.29, 1.82) is 0 Å². The average molecular weight is 534 g/mol. The van der Waals surface area contributed by atoms with E-state index in [0.717, 1.165) is 55.6 Å². The Kier molecular flexibility index (Phi) is 9.16. The lowest BCUT2D eigenvalue weighted by molar-refractivity contribution is -0.119. The fraction of sp³-hybridized carbons (Fsp3) is 0.526. The number of carbonyl (C=O) groups is 1. The van der Waals surface area contributed by atoms with E-state index in [-0.39, 0.29) is 29.9 Å². The SMILES string of the molecule is CN=C(NCCc1ccc(-c2csc(C)n2)s1)N1CCCC(CC(N)=O)C1.I. The molecule has 1 aliphatic rings. The van der Waals surface area contributed by atoms with E-state index in [2.05, 4.69) is 37.7 Å². The van der Waals surface area contributed by atoms with Crippen LogP contribution in [-0.4, -0.2) is 48.4 Å². The number of carbonyl (C=O) groups excluding carboxylic acids is 1. The largest absolute Gasteiger partial charge is 0.370 e. The second kappa shape index (κ2) is 11.1. The van der Waals surface area contributed by atoms with Gasteiger partial charge in [0, 0.05) is 43.4 Å². The molecule has 0 spiro atoms. The van der Waals surface area contributed by atoms with Crippen molar-refractivity contribution in [3.8, 4) is 10.6 Å². The van der Waals surface area contributed by atoms with E-state index < -0.39 is 0 Å². The molecule has 6 nitrogen and oxygen atoms in total. The smallest absolute Gasteiger partial charge is 0.217 e. The molecule has 3 heterocycles. The van der Waals surface area contributed by atoms with Gasteiger partial charge in [0.25, 0.3) is 0 Å². The summed E-state index contributed by atoms with van der Waals surface area (Å²) in [4.78, 5) is 25.0. The predicted molar refractivity (Wildman–Crippen MR) is 129 cm³/mol. The van der Waals surface area contributed by atoms with E-state index in [4.69, 9.17) is 5.73 Å². The van der Waals surface area contributed by atoms with Gasteiger partial charge >= 0.3 is 0 Å². The van der Waals surface area contributed by atoms with Gasteiger partial charge in [0.05, 0.1) is 15.6 Å². The Morgan fingerprint density at radius 3 is 2.96 bits per heavy atom.